The van der Waals surface area contributed by atoms with E-state index in [1.54, 1.807) is 0 Å². The van der Waals surface area contributed by atoms with Crippen LogP contribution in [0.3, 0.4) is 0 Å². The predicted octanol–water partition coefficient (Wildman–Crippen LogP) is 2.80. The summed E-state index contributed by atoms with van der Waals surface area (Å²) in [5.74, 6) is 0. The van der Waals surface area contributed by atoms with E-state index in [1.165, 1.54) is 0 Å². The average Bonchev–Trinajstić information content (AvgIpc) is 2.81. The van der Waals surface area contributed by atoms with Gasteiger partial charge in [0.1, 0.15) is 5.69 Å². The first kappa shape index (κ1) is 15.3. The summed E-state index contributed by atoms with van der Waals surface area (Å²) in [7, 11) is 0. The summed E-state index contributed by atoms with van der Waals surface area (Å²) in [5.41, 5.74) is -3.75. The number of aromatic nitrogens is 3. The Balaban J connectivity index is 2.61. The first-order chi connectivity index (χ1) is 9.64. The van der Waals surface area contributed by atoms with Crippen LogP contribution >= 0.6 is 0 Å². The standard InChI is InChI=1S/C11H7F6N3O/c12-10(13,14)6-2-1-3-7(4-6)20-9(11(15,16)17)8(5-21)18-19-20/h1-4,21H,5H2. The average molecular weight is 311 g/mol. The molecular weight excluding hydrogens is 304 g/mol. The molecule has 0 saturated carbocycles. The zero-order chi connectivity index (χ0) is 15.8. The van der Waals surface area contributed by atoms with Crippen molar-refractivity contribution in [3.63, 3.8) is 0 Å². The first-order valence-corrected chi connectivity index (χ1v) is 5.45. The van der Waals surface area contributed by atoms with E-state index in [0.717, 1.165) is 18.2 Å². The van der Waals surface area contributed by atoms with Crippen LogP contribution in [0.5, 0.6) is 0 Å². The van der Waals surface area contributed by atoms with Crippen LogP contribution in [-0.4, -0.2) is 20.1 Å². The molecule has 0 saturated heterocycles. The van der Waals surface area contributed by atoms with E-state index < -0.39 is 41.6 Å². The molecule has 1 heterocycles. The molecule has 10 heteroatoms. The molecule has 114 valence electrons. The Morgan fingerprint density at radius 3 is 2.24 bits per heavy atom. The molecule has 1 N–H and O–H groups in total. The Morgan fingerprint density at radius 2 is 1.71 bits per heavy atom. The van der Waals surface area contributed by atoms with Crippen LogP contribution in [0.25, 0.3) is 5.69 Å². The summed E-state index contributed by atoms with van der Waals surface area (Å²) in [4.78, 5) is 0. The number of aliphatic hydroxyl groups excluding tert-OH is 1. The van der Waals surface area contributed by atoms with Crippen molar-refractivity contribution >= 4 is 0 Å². The molecule has 0 aliphatic heterocycles. The molecule has 0 bridgehead atoms. The van der Waals surface area contributed by atoms with Crippen LogP contribution in [0.2, 0.25) is 0 Å². The van der Waals surface area contributed by atoms with Gasteiger partial charge < -0.3 is 5.11 Å². The van der Waals surface area contributed by atoms with Gasteiger partial charge in [-0.3, -0.25) is 0 Å². The summed E-state index contributed by atoms with van der Waals surface area (Å²) in [6.45, 7) is -1.03. The van der Waals surface area contributed by atoms with Gasteiger partial charge in [0, 0.05) is 0 Å². The van der Waals surface area contributed by atoms with Crippen LogP contribution in [0, 0.1) is 0 Å². The van der Waals surface area contributed by atoms with Crippen LogP contribution in [0.1, 0.15) is 17.0 Å². The molecule has 0 aliphatic carbocycles. The van der Waals surface area contributed by atoms with Crippen molar-refractivity contribution in [2.75, 3.05) is 0 Å². The van der Waals surface area contributed by atoms with E-state index in [-0.39, 0.29) is 4.68 Å². The lowest BCUT2D eigenvalue weighted by Crippen LogP contribution is -2.16. The molecule has 0 spiro atoms. The van der Waals surface area contributed by atoms with Crippen molar-refractivity contribution in [2.45, 2.75) is 19.0 Å². The minimum atomic E-state index is -4.92. The molecule has 0 radical (unpaired) electrons. The van der Waals surface area contributed by atoms with Gasteiger partial charge in [-0.15, -0.1) is 5.10 Å². The first-order valence-electron chi connectivity index (χ1n) is 5.45. The maximum absolute atomic E-state index is 12.9. The smallest absolute Gasteiger partial charge is 0.390 e. The molecule has 2 rings (SSSR count). The number of hydrogen-bond donors (Lipinski definition) is 1. The molecule has 1 aromatic carbocycles. The molecule has 1 aromatic heterocycles. The highest BCUT2D eigenvalue weighted by Crippen LogP contribution is 2.34. The molecular formula is C11H7F6N3O. The lowest BCUT2D eigenvalue weighted by atomic mass is 10.2. The van der Waals surface area contributed by atoms with E-state index in [9.17, 15) is 26.3 Å². The molecule has 0 fully saturated rings. The number of rotatable bonds is 2. The third-order valence-electron chi connectivity index (χ3n) is 2.58. The highest BCUT2D eigenvalue weighted by atomic mass is 19.4. The van der Waals surface area contributed by atoms with E-state index in [2.05, 4.69) is 10.3 Å². The largest absolute Gasteiger partial charge is 0.435 e. The number of hydrogen-bond acceptors (Lipinski definition) is 3. The van der Waals surface area contributed by atoms with Gasteiger partial charge >= 0.3 is 12.4 Å². The van der Waals surface area contributed by atoms with Crippen molar-refractivity contribution in [2.24, 2.45) is 0 Å². The third kappa shape index (κ3) is 2.99. The summed E-state index contributed by atoms with van der Waals surface area (Å²) in [5, 5.41) is 15.1. The quantitative estimate of drug-likeness (QED) is 0.868. The van der Waals surface area contributed by atoms with Gasteiger partial charge in [0.25, 0.3) is 0 Å². The second kappa shape index (κ2) is 5.02. The summed E-state index contributed by atoms with van der Waals surface area (Å²) in [6, 6.07) is 3.23. The van der Waals surface area contributed by atoms with Gasteiger partial charge in [0.05, 0.1) is 17.9 Å². The Morgan fingerprint density at radius 1 is 1.05 bits per heavy atom. The fourth-order valence-electron chi connectivity index (χ4n) is 1.70. The molecule has 4 nitrogen and oxygen atoms in total. The SMILES string of the molecule is OCc1nnn(-c2cccc(C(F)(F)F)c2)c1C(F)(F)F. The zero-order valence-corrected chi connectivity index (χ0v) is 10.1. The second-order valence-electron chi connectivity index (χ2n) is 4.00. The normalized spacial score (nSPS) is 12.7. The van der Waals surface area contributed by atoms with Gasteiger partial charge in [-0.05, 0) is 18.2 Å². The van der Waals surface area contributed by atoms with Crippen LogP contribution in [0.15, 0.2) is 24.3 Å². The monoisotopic (exact) mass is 311 g/mol. The van der Waals surface area contributed by atoms with Gasteiger partial charge in [0.15, 0.2) is 5.69 Å². The van der Waals surface area contributed by atoms with Gasteiger partial charge in [0.2, 0.25) is 0 Å². The maximum Gasteiger partial charge on any atom is 0.435 e. The van der Waals surface area contributed by atoms with Gasteiger partial charge in [-0.2, -0.15) is 26.3 Å². The molecule has 0 amide bonds. The number of alkyl halides is 6. The fraction of sp³-hybridized carbons (Fsp3) is 0.273. The minimum Gasteiger partial charge on any atom is -0.390 e. The Hall–Kier alpha value is -2.10. The molecule has 0 aliphatic rings. The predicted molar refractivity (Wildman–Crippen MR) is 57.3 cm³/mol. The summed E-state index contributed by atoms with van der Waals surface area (Å²) >= 11 is 0. The van der Waals surface area contributed by atoms with E-state index in [1.807, 2.05) is 0 Å². The lowest BCUT2D eigenvalue weighted by Gasteiger charge is -2.12. The molecule has 0 unspecified atom stereocenters. The number of aliphatic hydroxyl groups is 1. The van der Waals surface area contributed by atoms with E-state index in [0.29, 0.717) is 6.07 Å². The molecule has 21 heavy (non-hydrogen) atoms. The van der Waals surface area contributed by atoms with Crippen molar-refractivity contribution in [3.05, 3.63) is 41.2 Å². The van der Waals surface area contributed by atoms with Crippen molar-refractivity contribution in [1.82, 2.24) is 15.0 Å². The van der Waals surface area contributed by atoms with Gasteiger partial charge in [-0.25, -0.2) is 4.68 Å². The third-order valence-corrected chi connectivity index (χ3v) is 2.58. The fourth-order valence-corrected chi connectivity index (χ4v) is 1.70. The summed E-state index contributed by atoms with van der Waals surface area (Å²) < 4.78 is 76.7. The Kier molecular flexibility index (Phi) is 3.66. The van der Waals surface area contributed by atoms with E-state index in [4.69, 9.17) is 5.11 Å². The highest BCUT2D eigenvalue weighted by molar-refractivity contribution is 5.38. The summed E-state index contributed by atoms with van der Waals surface area (Å²) in [6.07, 6.45) is -9.62. The highest BCUT2D eigenvalue weighted by Gasteiger charge is 2.40. The van der Waals surface area contributed by atoms with Gasteiger partial charge in [-0.1, -0.05) is 11.3 Å². The maximum atomic E-state index is 12.9. The Labute approximate surface area is 113 Å². The topological polar surface area (TPSA) is 50.9 Å². The van der Waals surface area contributed by atoms with Crippen molar-refractivity contribution < 1.29 is 31.4 Å². The number of halogens is 6. The number of benzene rings is 1. The van der Waals surface area contributed by atoms with Crippen LogP contribution in [0.4, 0.5) is 26.3 Å². The lowest BCUT2D eigenvalue weighted by molar-refractivity contribution is -0.143. The van der Waals surface area contributed by atoms with Crippen LogP contribution in [-0.2, 0) is 19.0 Å². The van der Waals surface area contributed by atoms with Crippen molar-refractivity contribution in [3.8, 4) is 5.69 Å². The molecule has 2 aromatic rings. The minimum absolute atomic E-state index is 0.223. The Bertz CT molecular complexity index is 646. The second-order valence-corrected chi connectivity index (χ2v) is 4.00. The number of nitrogens with zero attached hydrogens (tertiary/aromatic N) is 3. The zero-order valence-electron chi connectivity index (χ0n) is 10.1. The molecule has 0 atom stereocenters. The van der Waals surface area contributed by atoms with E-state index >= 15 is 0 Å². The van der Waals surface area contributed by atoms with Crippen LogP contribution < -0.4 is 0 Å². The van der Waals surface area contributed by atoms with Crippen molar-refractivity contribution in [1.29, 1.82) is 0 Å².